The summed E-state index contributed by atoms with van der Waals surface area (Å²) in [5.41, 5.74) is -0.553. The summed E-state index contributed by atoms with van der Waals surface area (Å²) in [7, 11) is 2.05. The maximum Gasteiger partial charge on any atom is 0.337 e. The lowest BCUT2D eigenvalue weighted by molar-refractivity contribution is -0.883. The molecule has 0 aromatic heterocycles. The Kier molecular flexibility index (Phi) is 6.91. The molecule has 2 aliphatic heterocycles. The fourth-order valence-electron chi connectivity index (χ4n) is 5.23. The molecule has 1 spiro atoms. The summed E-state index contributed by atoms with van der Waals surface area (Å²) in [5, 5.41) is 6.55. The van der Waals surface area contributed by atoms with Gasteiger partial charge in [-0.2, -0.15) is 0 Å². The zero-order valence-electron chi connectivity index (χ0n) is 15.8. The van der Waals surface area contributed by atoms with Crippen LogP contribution in [0, 0.1) is 5.92 Å². The van der Waals surface area contributed by atoms with Gasteiger partial charge in [-0.25, -0.2) is 9.28 Å². The molecule has 3 fully saturated rings. The van der Waals surface area contributed by atoms with Crippen molar-refractivity contribution in [2.24, 2.45) is 5.92 Å². The minimum absolute atomic E-state index is 0. The summed E-state index contributed by atoms with van der Waals surface area (Å²) in [6.45, 7) is 4.61. The maximum atomic E-state index is 13.6. The van der Waals surface area contributed by atoms with Crippen molar-refractivity contribution in [3.8, 4) is 0 Å². The molecule has 0 aromatic rings. The number of likely N-dealkylation sites (N-methyl/N-ethyl adjacent to an activating group) is 1. The molecule has 2 heterocycles. The first-order valence-electron chi connectivity index (χ1n) is 9.97. The number of hydrogen-bond donors (Lipinski definition) is 2. The number of rotatable bonds is 4. The van der Waals surface area contributed by atoms with E-state index in [-0.39, 0.29) is 30.3 Å². The van der Waals surface area contributed by atoms with Crippen LogP contribution in [0.1, 0.15) is 64.7 Å². The van der Waals surface area contributed by atoms with Crippen LogP contribution in [0.15, 0.2) is 0 Å². The zero-order chi connectivity index (χ0) is 17.2. The van der Waals surface area contributed by atoms with Crippen molar-refractivity contribution in [2.45, 2.75) is 76.3 Å². The number of halogens is 1. The Hall–Kier alpha value is -0.650. The van der Waals surface area contributed by atoms with Gasteiger partial charge in [0, 0.05) is 25.9 Å². The van der Waals surface area contributed by atoms with Crippen molar-refractivity contribution in [1.82, 2.24) is 10.6 Å². The second kappa shape index (κ2) is 8.36. The number of carbonyl (C=O) groups is 2. The van der Waals surface area contributed by atoms with Gasteiger partial charge in [0.1, 0.15) is 6.04 Å². The van der Waals surface area contributed by atoms with Gasteiger partial charge in [0.2, 0.25) is 0 Å². The molecule has 6 heteroatoms. The van der Waals surface area contributed by atoms with Crippen molar-refractivity contribution in [3.63, 3.8) is 0 Å². The highest BCUT2D eigenvalue weighted by Crippen LogP contribution is 2.40. The molecule has 2 saturated heterocycles. The van der Waals surface area contributed by atoms with Crippen LogP contribution < -0.4 is 10.6 Å². The van der Waals surface area contributed by atoms with Crippen LogP contribution in [0.2, 0.25) is 0 Å². The Morgan fingerprint density at radius 1 is 1.12 bits per heavy atom. The van der Waals surface area contributed by atoms with E-state index < -0.39 is 5.54 Å². The van der Waals surface area contributed by atoms with E-state index in [9.17, 15) is 9.59 Å². The fraction of sp³-hybridized carbons (Fsp3) is 0.895. The third-order valence-electron chi connectivity index (χ3n) is 6.92. The van der Waals surface area contributed by atoms with E-state index in [4.69, 9.17) is 0 Å². The summed E-state index contributed by atoms with van der Waals surface area (Å²) in [5.74, 6) is 0.753. The van der Waals surface area contributed by atoms with Crippen LogP contribution in [-0.2, 0) is 9.59 Å². The van der Waals surface area contributed by atoms with Crippen LogP contribution in [0.5, 0.6) is 0 Å². The second-order valence-electron chi connectivity index (χ2n) is 8.24. The number of carbonyl (C=O) groups excluding carboxylic acids is 2. The molecule has 0 radical (unpaired) electrons. The minimum Gasteiger partial charge on any atom is -0.335 e. The van der Waals surface area contributed by atoms with E-state index >= 15 is 0 Å². The number of quaternary nitrogens is 1. The molecule has 1 unspecified atom stereocenters. The molecular formula is C19H35ClN3O2+. The van der Waals surface area contributed by atoms with E-state index in [2.05, 4.69) is 24.6 Å². The predicted octanol–water partition coefficient (Wildman–Crippen LogP) is 2.38. The topological polar surface area (TPSA) is 58.2 Å². The quantitative estimate of drug-likeness (QED) is 0.745. The lowest BCUT2D eigenvalue weighted by Gasteiger charge is -2.54. The van der Waals surface area contributed by atoms with Gasteiger partial charge in [0.15, 0.2) is 5.54 Å². The van der Waals surface area contributed by atoms with Crippen molar-refractivity contribution < 1.29 is 14.1 Å². The minimum atomic E-state index is -0.553. The number of unbranched alkanes of at least 4 members (excludes halogenated alkanes) is 1. The van der Waals surface area contributed by atoms with E-state index in [1.54, 1.807) is 0 Å². The summed E-state index contributed by atoms with van der Waals surface area (Å²) < 4.78 is 0.329. The number of piperidine rings is 1. The number of amides is 2. The monoisotopic (exact) mass is 372 g/mol. The molecule has 25 heavy (non-hydrogen) atoms. The van der Waals surface area contributed by atoms with Crippen molar-refractivity contribution in [1.29, 1.82) is 0 Å². The molecule has 5 nitrogen and oxygen atoms in total. The van der Waals surface area contributed by atoms with Gasteiger partial charge in [-0.05, 0) is 25.2 Å². The standard InChI is InChI=1S/C19H33N3O2.ClH/c1-3-4-14-22(2)17(23)16(15-8-6-5-7-9-15)21-18(24)19(22)10-12-20-13-11-19;/h15-16,20H,3-14H2,1-2H3;1H/p+1/t16-,22?;/m0./s1. The molecule has 2 atom stereocenters. The van der Waals surface area contributed by atoms with Crippen LogP contribution in [-0.4, -0.2) is 54.6 Å². The lowest BCUT2D eigenvalue weighted by Crippen LogP contribution is -2.81. The fourth-order valence-corrected chi connectivity index (χ4v) is 5.23. The number of hydrogen-bond acceptors (Lipinski definition) is 3. The van der Waals surface area contributed by atoms with Gasteiger partial charge in [-0.15, -0.1) is 12.4 Å². The van der Waals surface area contributed by atoms with Crippen LogP contribution in [0.3, 0.4) is 0 Å². The first-order valence-corrected chi connectivity index (χ1v) is 9.97. The smallest absolute Gasteiger partial charge is 0.335 e. The highest BCUT2D eigenvalue weighted by molar-refractivity contribution is 5.95. The molecule has 144 valence electrons. The Morgan fingerprint density at radius 2 is 1.76 bits per heavy atom. The molecule has 3 rings (SSSR count). The van der Waals surface area contributed by atoms with E-state index in [1.165, 1.54) is 19.3 Å². The summed E-state index contributed by atoms with van der Waals surface area (Å²) in [6, 6.07) is -0.264. The molecular weight excluding hydrogens is 338 g/mol. The van der Waals surface area contributed by atoms with Crippen molar-refractivity contribution in [3.05, 3.63) is 0 Å². The number of nitrogens with zero attached hydrogens (tertiary/aromatic N) is 1. The Bertz CT molecular complexity index is 487. The molecule has 2 N–H and O–H groups in total. The van der Waals surface area contributed by atoms with Gasteiger partial charge in [-0.3, -0.25) is 4.79 Å². The lowest BCUT2D eigenvalue weighted by atomic mass is 9.75. The zero-order valence-corrected chi connectivity index (χ0v) is 16.6. The molecule has 1 saturated carbocycles. The first kappa shape index (κ1) is 20.7. The molecule has 0 aromatic carbocycles. The summed E-state index contributed by atoms with van der Waals surface area (Å²) in [4.78, 5) is 26.9. The van der Waals surface area contributed by atoms with Crippen molar-refractivity contribution >= 4 is 24.2 Å². The average molecular weight is 373 g/mol. The van der Waals surface area contributed by atoms with Gasteiger partial charge >= 0.3 is 5.91 Å². The Morgan fingerprint density at radius 3 is 2.36 bits per heavy atom. The largest absolute Gasteiger partial charge is 0.337 e. The number of nitrogens with one attached hydrogen (secondary N) is 2. The Labute approximate surface area is 158 Å². The Balaban J connectivity index is 0.00000225. The van der Waals surface area contributed by atoms with E-state index in [0.29, 0.717) is 10.4 Å². The van der Waals surface area contributed by atoms with Gasteiger partial charge < -0.3 is 10.6 Å². The third-order valence-corrected chi connectivity index (χ3v) is 6.92. The van der Waals surface area contributed by atoms with Gasteiger partial charge in [-0.1, -0.05) is 32.6 Å². The average Bonchev–Trinajstić information content (AvgIpc) is 2.63. The van der Waals surface area contributed by atoms with Crippen LogP contribution in [0.25, 0.3) is 0 Å². The maximum absolute atomic E-state index is 13.6. The van der Waals surface area contributed by atoms with Crippen LogP contribution >= 0.6 is 12.4 Å². The van der Waals surface area contributed by atoms with Gasteiger partial charge in [0.05, 0.1) is 13.6 Å². The normalized spacial score (nSPS) is 33.0. The number of piperazine rings is 1. The second-order valence-corrected chi connectivity index (χ2v) is 8.24. The highest BCUT2D eigenvalue weighted by atomic mass is 35.5. The first-order chi connectivity index (χ1) is 11.5. The summed E-state index contributed by atoms with van der Waals surface area (Å²) >= 11 is 0. The third kappa shape index (κ3) is 3.47. The molecule has 2 amide bonds. The molecule has 0 bridgehead atoms. The van der Waals surface area contributed by atoms with E-state index in [1.807, 2.05) is 0 Å². The van der Waals surface area contributed by atoms with Crippen molar-refractivity contribution in [2.75, 3.05) is 26.7 Å². The SMILES string of the molecule is CCCC[N+]1(C)C(=O)[C@H](C2CCCCC2)NC(=O)C12CCNCC2.Cl. The predicted molar refractivity (Wildman–Crippen MR) is 102 cm³/mol. The highest BCUT2D eigenvalue weighted by Gasteiger charge is 2.64. The summed E-state index contributed by atoms with van der Waals surface area (Å²) in [6.07, 6.45) is 9.41. The molecule has 1 aliphatic carbocycles. The van der Waals surface area contributed by atoms with E-state index in [0.717, 1.165) is 58.2 Å². The van der Waals surface area contributed by atoms with Crippen LogP contribution in [0.4, 0.5) is 0 Å². The molecule has 3 aliphatic rings. The van der Waals surface area contributed by atoms with Gasteiger partial charge in [0.25, 0.3) is 5.91 Å².